The van der Waals surface area contributed by atoms with Crippen LogP contribution in [0.3, 0.4) is 0 Å². The Bertz CT molecular complexity index is 992. The van der Waals surface area contributed by atoms with Gasteiger partial charge in [0.05, 0.1) is 19.3 Å². The summed E-state index contributed by atoms with van der Waals surface area (Å²) in [5.41, 5.74) is 3.30. The maximum atomic E-state index is 12.7. The number of hydrogen-bond acceptors (Lipinski definition) is 4. The second-order valence-electron chi connectivity index (χ2n) is 8.34. The van der Waals surface area contributed by atoms with Gasteiger partial charge in [-0.1, -0.05) is 56.3 Å². The minimum Gasteiger partial charge on any atom is -0.496 e. The number of para-hydroxylation sites is 1. The number of benzene rings is 2. The third-order valence-corrected chi connectivity index (χ3v) is 5.55. The minimum absolute atomic E-state index is 0.0381. The van der Waals surface area contributed by atoms with Crippen LogP contribution in [0, 0.1) is 5.92 Å². The fourth-order valence-electron chi connectivity index (χ4n) is 3.66. The van der Waals surface area contributed by atoms with E-state index in [9.17, 15) is 4.79 Å². The Balaban J connectivity index is 1.59. The Morgan fingerprint density at radius 1 is 1.10 bits per heavy atom. The number of nitrogens with zero attached hydrogens (tertiary/aromatic N) is 2. The van der Waals surface area contributed by atoms with E-state index in [1.807, 2.05) is 38.2 Å². The molecule has 0 N–H and O–H groups in total. The van der Waals surface area contributed by atoms with Crippen LogP contribution in [0.15, 0.2) is 59.1 Å². The highest BCUT2D eigenvalue weighted by Crippen LogP contribution is 2.28. The van der Waals surface area contributed by atoms with Crippen molar-refractivity contribution < 1.29 is 13.9 Å². The van der Waals surface area contributed by atoms with Gasteiger partial charge >= 0.3 is 0 Å². The van der Waals surface area contributed by atoms with Gasteiger partial charge in [0, 0.05) is 31.0 Å². The number of aryl methyl sites for hydroxylation is 1. The standard InChI is InChI=1S/C26H32N2O3/c1-18(2)16-20-10-12-21(13-11-20)24-17-27-25(31-24)14-15-26(29)28(4)19(3)22-8-6-7-9-23(22)30-5/h6-13,17-19H,14-16H2,1-5H3. The normalized spacial score (nSPS) is 12.1. The van der Waals surface area contributed by atoms with Gasteiger partial charge in [0.1, 0.15) is 5.75 Å². The monoisotopic (exact) mass is 420 g/mol. The molecule has 5 nitrogen and oxygen atoms in total. The van der Waals surface area contributed by atoms with E-state index in [2.05, 4.69) is 43.1 Å². The molecule has 0 aliphatic carbocycles. The smallest absolute Gasteiger partial charge is 0.223 e. The maximum Gasteiger partial charge on any atom is 0.223 e. The molecule has 0 bridgehead atoms. The lowest BCUT2D eigenvalue weighted by atomic mass is 10.0. The zero-order valence-corrected chi connectivity index (χ0v) is 19.1. The summed E-state index contributed by atoms with van der Waals surface area (Å²) >= 11 is 0. The van der Waals surface area contributed by atoms with E-state index in [0.717, 1.165) is 29.1 Å². The fraction of sp³-hybridized carbons (Fsp3) is 0.385. The van der Waals surface area contributed by atoms with Gasteiger partial charge in [-0.3, -0.25) is 4.79 Å². The first kappa shape index (κ1) is 22.6. The number of rotatable bonds is 9. The van der Waals surface area contributed by atoms with Crippen LogP contribution in [0.5, 0.6) is 5.75 Å². The molecule has 0 fully saturated rings. The largest absolute Gasteiger partial charge is 0.496 e. The van der Waals surface area contributed by atoms with Gasteiger partial charge in [-0.2, -0.15) is 0 Å². The van der Waals surface area contributed by atoms with Crippen molar-refractivity contribution in [1.29, 1.82) is 0 Å². The number of methoxy groups -OCH3 is 1. The lowest BCUT2D eigenvalue weighted by molar-refractivity contribution is -0.131. The third kappa shape index (κ3) is 5.75. The van der Waals surface area contributed by atoms with Crippen LogP contribution in [0.1, 0.15) is 50.3 Å². The van der Waals surface area contributed by atoms with Gasteiger partial charge in [-0.15, -0.1) is 0 Å². The van der Waals surface area contributed by atoms with Crippen molar-refractivity contribution in [2.75, 3.05) is 14.2 Å². The molecular weight excluding hydrogens is 388 g/mol. The van der Waals surface area contributed by atoms with E-state index in [1.165, 1.54) is 5.56 Å². The Morgan fingerprint density at radius 2 is 1.81 bits per heavy atom. The zero-order valence-electron chi connectivity index (χ0n) is 19.1. The molecule has 0 spiro atoms. The highest BCUT2D eigenvalue weighted by atomic mass is 16.5. The Morgan fingerprint density at radius 3 is 2.48 bits per heavy atom. The Hall–Kier alpha value is -3.08. The van der Waals surface area contributed by atoms with Crippen LogP contribution >= 0.6 is 0 Å². The number of hydrogen-bond donors (Lipinski definition) is 0. The van der Waals surface area contributed by atoms with Crippen molar-refractivity contribution in [2.24, 2.45) is 5.92 Å². The molecule has 2 aromatic carbocycles. The van der Waals surface area contributed by atoms with Crippen molar-refractivity contribution in [2.45, 2.75) is 46.1 Å². The topological polar surface area (TPSA) is 55.6 Å². The summed E-state index contributed by atoms with van der Waals surface area (Å²) in [6.45, 7) is 6.43. The van der Waals surface area contributed by atoms with Gasteiger partial charge in [0.25, 0.3) is 0 Å². The highest BCUT2D eigenvalue weighted by Gasteiger charge is 2.20. The van der Waals surface area contributed by atoms with Crippen molar-refractivity contribution >= 4 is 5.91 Å². The van der Waals surface area contributed by atoms with E-state index in [-0.39, 0.29) is 11.9 Å². The molecule has 0 radical (unpaired) electrons. The maximum absolute atomic E-state index is 12.7. The summed E-state index contributed by atoms with van der Waals surface area (Å²) in [6, 6.07) is 16.1. The molecule has 3 aromatic rings. The molecule has 1 amide bonds. The number of oxazole rings is 1. The van der Waals surface area contributed by atoms with Crippen molar-refractivity contribution in [3.05, 3.63) is 71.7 Å². The number of ether oxygens (including phenoxy) is 1. The van der Waals surface area contributed by atoms with Crippen LogP contribution in [-0.2, 0) is 17.6 Å². The average Bonchev–Trinajstić information content (AvgIpc) is 3.25. The molecule has 31 heavy (non-hydrogen) atoms. The van der Waals surface area contributed by atoms with E-state index < -0.39 is 0 Å². The van der Waals surface area contributed by atoms with Crippen LogP contribution in [-0.4, -0.2) is 29.9 Å². The van der Waals surface area contributed by atoms with Gasteiger partial charge < -0.3 is 14.1 Å². The van der Waals surface area contributed by atoms with Crippen molar-refractivity contribution in [3.8, 4) is 17.1 Å². The summed E-state index contributed by atoms with van der Waals surface area (Å²) in [7, 11) is 3.46. The second kappa shape index (κ2) is 10.3. The lowest BCUT2D eigenvalue weighted by Gasteiger charge is -2.26. The molecule has 1 atom stereocenters. The molecule has 0 saturated heterocycles. The molecule has 5 heteroatoms. The van der Waals surface area contributed by atoms with Gasteiger partial charge in [0.15, 0.2) is 11.7 Å². The van der Waals surface area contributed by atoms with Crippen LogP contribution < -0.4 is 4.74 Å². The molecule has 0 saturated carbocycles. The summed E-state index contributed by atoms with van der Waals surface area (Å²) in [5.74, 6) is 2.76. The minimum atomic E-state index is -0.0897. The summed E-state index contributed by atoms with van der Waals surface area (Å²) in [5, 5.41) is 0. The first-order chi connectivity index (χ1) is 14.9. The van der Waals surface area contributed by atoms with Gasteiger partial charge in [-0.25, -0.2) is 4.98 Å². The second-order valence-corrected chi connectivity index (χ2v) is 8.34. The number of carbonyl (C=O) groups is 1. The Kier molecular flexibility index (Phi) is 7.50. The van der Waals surface area contributed by atoms with E-state index in [1.54, 1.807) is 18.2 Å². The van der Waals surface area contributed by atoms with Crippen LogP contribution in [0.4, 0.5) is 0 Å². The lowest BCUT2D eigenvalue weighted by Crippen LogP contribution is -2.30. The molecular formula is C26H32N2O3. The molecule has 1 heterocycles. The summed E-state index contributed by atoms with van der Waals surface area (Å²) in [4.78, 5) is 18.9. The van der Waals surface area contributed by atoms with E-state index in [0.29, 0.717) is 24.7 Å². The Labute approximate surface area is 185 Å². The van der Waals surface area contributed by atoms with Crippen molar-refractivity contribution in [3.63, 3.8) is 0 Å². The molecule has 3 rings (SSSR count). The SMILES string of the molecule is COc1ccccc1C(C)N(C)C(=O)CCc1ncc(-c2ccc(CC(C)C)cc2)o1. The highest BCUT2D eigenvalue weighted by molar-refractivity contribution is 5.76. The van der Waals surface area contributed by atoms with Gasteiger partial charge in [0.2, 0.25) is 5.91 Å². The first-order valence-electron chi connectivity index (χ1n) is 10.8. The average molecular weight is 421 g/mol. The molecule has 0 aliphatic heterocycles. The summed E-state index contributed by atoms with van der Waals surface area (Å²) < 4.78 is 11.3. The van der Waals surface area contributed by atoms with E-state index in [4.69, 9.17) is 9.15 Å². The van der Waals surface area contributed by atoms with Crippen LogP contribution in [0.2, 0.25) is 0 Å². The van der Waals surface area contributed by atoms with Crippen LogP contribution in [0.25, 0.3) is 11.3 Å². The summed E-state index contributed by atoms with van der Waals surface area (Å²) in [6.07, 6.45) is 3.60. The predicted octanol–water partition coefficient (Wildman–Crippen LogP) is 5.70. The fourth-order valence-corrected chi connectivity index (χ4v) is 3.66. The van der Waals surface area contributed by atoms with E-state index >= 15 is 0 Å². The van der Waals surface area contributed by atoms with Gasteiger partial charge in [-0.05, 0) is 30.9 Å². The molecule has 0 aliphatic rings. The number of aromatic nitrogens is 1. The quantitative estimate of drug-likeness (QED) is 0.445. The molecule has 1 aromatic heterocycles. The number of amides is 1. The molecule has 1 unspecified atom stereocenters. The van der Waals surface area contributed by atoms with Crippen molar-refractivity contribution in [1.82, 2.24) is 9.88 Å². The third-order valence-electron chi connectivity index (χ3n) is 5.55. The number of carbonyl (C=O) groups excluding carboxylic acids is 1. The predicted molar refractivity (Wildman–Crippen MR) is 123 cm³/mol. The zero-order chi connectivity index (χ0) is 22.4. The first-order valence-corrected chi connectivity index (χ1v) is 10.8. The molecule has 164 valence electrons.